The number of rotatable bonds is 3. The van der Waals surface area contributed by atoms with Gasteiger partial charge in [-0.25, -0.2) is 9.37 Å². The number of aryl methyl sites for hydroxylation is 2. The molecule has 0 aliphatic rings. The Kier molecular flexibility index (Phi) is 3.12. The number of nitrogens with zero attached hydrogens (tertiary/aromatic N) is 3. The molecular weight excluding hydrogens is 313 g/mol. The first kappa shape index (κ1) is 14.4. The number of aromatic amines is 1. The first-order valence-electron chi connectivity index (χ1n) is 7.35. The molecule has 0 bridgehead atoms. The van der Waals surface area contributed by atoms with Crippen molar-refractivity contribution in [3.63, 3.8) is 0 Å². The number of aromatic nitrogens is 4. The molecule has 0 saturated heterocycles. The number of halogens is 1. The third-order valence-corrected chi connectivity index (χ3v) is 4.00. The summed E-state index contributed by atoms with van der Waals surface area (Å²) in [5, 5.41) is 3.75. The van der Waals surface area contributed by atoms with Gasteiger partial charge in [0.15, 0.2) is 11.2 Å². The standard InChI is InChI=1S/C16H14FN5O2/c1-8-10-5-9(17)3-4-11(10)24-12(8)6-18-16-20-14-13(15(23)21-16)22(2)7-19-14/h3-5,7H,6H2,1-2H3,(H2,18,20,21,23). The van der Waals surface area contributed by atoms with E-state index in [0.717, 1.165) is 10.9 Å². The third kappa shape index (κ3) is 2.23. The predicted molar refractivity (Wildman–Crippen MR) is 87.4 cm³/mol. The molecule has 7 nitrogen and oxygen atoms in total. The van der Waals surface area contributed by atoms with Gasteiger partial charge in [-0.15, -0.1) is 0 Å². The average Bonchev–Trinajstić information content (AvgIpc) is 3.07. The zero-order valence-electron chi connectivity index (χ0n) is 13.1. The molecule has 0 radical (unpaired) electrons. The van der Waals surface area contributed by atoms with Crippen LogP contribution in [0.3, 0.4) is 0 Å². The summed E-state index contributed by atoms with van der Waals surface area (Å²) >= 11 is 0. The monoisotopic (exact) mass is 327 g/mol. The Morgan fingerprint density at radius 2 is 2.25 bits per heavy atom. The third-order valence-electron chi connectivity index (χ3n) is 4.00. The minimum atomic E-state index is -0.308. The highest BCUT2D eigenvalue weighted by molar-refractivity contribution is 5.82. The molecule has 0 aliphatic carbocycles. The number of furan rings is 1. The Bertz CT molecular complexity index is 1120. The second-order valence-corrected chi connectivity index (χ2v) is 5.59. The Balaban J connectivity index is 1.65. The van der Waals surface area contributed by atoms with Crippen LogP contribution in [-0.4, -0.2) is 19.5 Å². The van der Waals surface area contributed by atoms with E-state index >= 15 is 0 Å². The van der Waals surface area contributed by atoms with Gasteiger partial charge in [-0.3, -0.25) is 9.78 Å². The number of benzene rings is 1. The summed E-state index contributed by atoms with van der Waals surface area (Å²) < 4.78 is 20.7. The van der Waals surface area contributed by atoms with Crippen molar-refractivity contribution in [2.24, 2.45) is 7.05 Å². The second kappa shape index (κ2) is 5.19. The molecule has 4 aromatic rings. The SMILES string of the molecule is Cc1c(CNc2nc3ncn(C)c3c(=O)[nH]2)oc2ccc(F)cc12. The summed E-state index contributed by atoms with van der Waals surface area (Å²) in [6.45, 7) is 2.17. The fourth-order valence-corrected chi connectivity index (χ4v) is 2.72. The largest absolute Gasteiger partial charge is 0.459 e. The Morgan fingerprint density at radius 3 is 3.08 bits per heavy atom. The van der Waals surface area contributed by atoms with E-state index < -0.39 is 0 Å². The van der Waals surface area contributed by atoms with Crippen LogP contribution in [0.2, 0.25) is 0 Å². The lowest BCUT2D eigenvalue weighted by atomic mass is 10.1. The van der Waals surface area contributed by atoms with Crippen LogP contribution in [0.1, 0.15) is 11.3 Å². The van der Waals surface area contributed by atoms with E-state index in [-0.39, 0.29) is 11.4 Å². The summed E-state index contributed by atoms with van der Waals surface area (Å²) in [4.78, 5) is 23.1. The summed E-state index contributed by atoms with van der Waals surface area (Å²) in [5.41, 5.74) is 1.97. The lowest BCUT2D eigenvalue weighted by Gasteiger charge is -2.04. The number of hydrogen-bond acceptors (Lipinski definition) is 5. The van der Waals surface area contributed by atoms with Crippen molar-refractivity contribution in [2.45, 2.75) is 13.5 Å². The highest BCUT2D eigenvalue weighted by Crippen LogP contribution is 2.26. The number of fused-ring (bicyclic) bond motifs is 2. The van der Waals surface area contributed by atoms with E-state index in [2.05, 4.69) is 20.3 Å². The van der Waals surface area contributed by atoms with Crippen molar-refractivity contribution in [3.05, 3.63) is 52.0 Å². The van der Waals surface area contributed by atoms with Gasteiger partial charge >= 0.3 is 0 Å². The average molecular weight is 327 g/mol. The lowest BCUT2D eigenvalue weighted by molar-refractivity contribution is 0.554. The number of anilines is 1. The molecule has 1 aromatic carbocycles. The van der Waals surface area contributed by atoms with E-state index in [9.17, 15) is 9.18 Å². The normalized spacial score (nSPS) is 11.5. The van der Waals surface area contributed by atoms with Crippen molar-refractivity contribution < 1.29 is 8.81 Å². The highest BCUT2D eigenvalue weighted by Gasteiger charge is 2.13. The molecule has 3 heterocycles. The fraction of sp³-hybridized carbons (Fsp3) is 0.188. The van der Waals surface area contributed by atoms with E-state index in [1.807, 2.05) is 6.92 Å². The van der Waals surface area contributed by atoms with Crippen LogP contribution in [-0.2, 0) is 13.6 Å². The maximum absolute atomic E-state index is 13.4. The molecule has 0 saturated carbocycles. The molecule has 0 atom stereocenters. The van der Waals surface area contributed by atoms with Gasteiger partial charge in [-0.2, -0.15) is 4.98 Å². The Labute approximate surface area is 135 Å². The number of imidazole rings is 1. The zero-order valence-corrected chi connectivity index (χ0v) is 13.1. The molecule has 0 unspecified atom stereocenters. The van der Waals surface area contributed by atoms with Gasteiger partial charge in [-0.1, -0.05) is 0 Å². The van der Waals surface area contributed by atoms with Gasteiger partial charge in [0.25, 0.3) is 5.56 Å². The number of H-pyrrole nitrogens is 1. The van der Waals surface area contributed by atoms with Crippen LogP contribution < -0.4 is 10.9 Å². The number of nitrogens with one attached hydrogen (secondary N) is 2. The van der Waals surface area contributed by atoms with Crippen LogP contribution >= 0.6 is 0 Å². The minimum absolute atomic E-state index is 0.272. The Hall–Kier alpha value is -3.16. The van der Waals surface area contributed by atoms with Crippen molar-refractivity contribution in [1.82, 2.24) is 19.5 Å². The smallest absolute Gasteiger partial charge is 0.278 e. The fourth-order valence-electron chi connectivity index (χ4n) is 2.72. The second-order valence-electron chi connectivity index (χ2n) is 5.59. The summed E-state index contributed by atoms with van der Waals surface area (Å²) in [6.07, 6.45) is 1.54. The maximum atomic E-state index is 13.4. The molecule has 0 fully saturated rings. The molecule has 122 valence electrons. The van der Waals surface area contributed by atoms with Gasteiger partial charge in [-0.05, 0) is 25.1 Å². The Morgan fingerprint density at radius 1 is 1.42 bits per heavy atom. The topological polar surface area (TPSA) is 88.7 Å². The molecule has 24 heavy (non-hydrogen) atoms. The lowest BCUT2D eigenvalue weighted by Crippen LogP contribution is -2.14. The van der Waals surface area contributed by atoms with Crippen LogP contribution in [0.5, 0.6) is 0 Å². The van der Waals surface area contributed by atoms with Gasteiger partial charge in [0.2, 0.25) is 5.95 Å². The molecule has 0 aliphatic heterocycles. The van der Waals surface area contributed by atoms with Crippen LogP contribution in [0.15, 0.2) is 33.7 Å². The van der Waals surface area contributed by atoms with Gasteiger partial charge in [0, 0.05) is 18.0 Å². The predicted octanol–water partition coefficient (Wildman–Crippen LogP) is 2.46. The van der Waals surface area contributed by atoms with Crippen molar-refractivity contribution in [2.75, 3.05) is 5.32 Å². The first-order valence-corrected chi connectivity index (χ1v) is 7.35. The maximum Gasteiger partial charge on any atom is 0.278 e. The highest BCUT2D eigenvalue weighted by atomic mass is 19.1. The van der Waals surface area contributed by atoms with E-state index in [1.165, 1.54) is 18.5 Å². The van der Waals surface area contributed by atoms with E-state index in [0.29, 0.717) is 35.0 Å². The molecular formula is C16H14FN5O2. The van der Waals surface area contributed by atoms with Crippen LogP contribution in [0.4, 0.5) is 10.3 Å². The van der Waals surface area contributed by atoms with Gasteiger partial charge < -0.3 is 14.3 Å². The van der Waals surface area contributed by atoms with Crippen molar-refractivity contribution in [1.29, 1.82) is 0 Å². The summed E-state index contributed by atoms with van der Waals surface area (Å²) in [5.74, 6) is 0.647. The molecule has 3 aromatic heterocycles. The van der Waals surface area contributed by atoms with Crippen LogP contribution in [0, 0.1) is 12.7 Å². The molecule has 8 heteroatoms. The van der Waals surface area contributed by atoms with Crippen molar-refractivity contribution >= 4 is 28.1 Å². The molecule has 4 rings (SSSR count). The summed E-state index contributed by atoms with van der Waals surface area (Å²) in [7, 11) is 1.73. The number of hydrogen-bond donors (Lipinski definition) is 2. The minimum Gasteiger partial charge on any atom is -0.459 e. The van der Waals surface area contributed by atoms with Gasteiger partial charge in [0.1, 0.15) is 17.2 Å². The molecule has 0 amide bonds. The van der Waals surface area contributed by atoms with E-state index in [1.54, 1.807) is 17.7 Å². The summed E-state index contributed by atoms with van der Waals surface area (Å²) in [6, 6.07) is 4.40. The van der Waals surface area contributed by atoms with Gasteiger partial charge in [0.05, 0.1) is 12.9 Å². The molecule has 2 N–H and O–H groups in total. The zero-order chi connectivity index (χ0) is 16.8. The first-order chi connectivity index (χ1) is 11.5. The van der Waals surface area contributed by atoms with E-state index in [4.69, 9.17) is 4.42 Å². The van der Waals surface area contributed by atoms with Crippen molar-refractivity contribution in [3.8, 4) is 0 Å². The van der Waals surface area contributed by atoms with Crippen LogP contribution in [0.25, 0.3) is 22.1 Å². The molecule has 0 spiro atoms. The quantitative estimate of drug-likeness (QED) is 0.603.